The summed E-state index contributed by atoms with van der Waals surface area (Å²) in [5, 5.41) is 2.92. The third kappa shape index (κ3) is 5.41. The number of hydrogen-bond acceptors (Lipinski definition) is 5. The quantitative estimate of drug-likeness (QED) is 0.544. The van der Waals surface area contributed by atoms with Crippen molar-refractivity contribution >= 4 is 28.5 Å². The second-order valence-corrected chi connectivity index (χ2v) is 6.87. The normalized spacial score (nSPS) is 10.3. The Morgan fingerprint density at radius 2 is 1.59 bits per heavy atom. The lowest BCUT2D eigenvalue weighted by molar-refractivity contribution is 0.0949. The van der Waals surface area contributed by atoms with Gasteiger partial charge in [-0.15, -0.1) is 0 Å². The number of ether oxygens (including phenoxy) is 4. The van der Waals surface area contributed by atoms with E-state index in [1.165, 1.54) is 0 Å². The summed E-state index contributed by atoms with van der Waals surface area (Å²) in [6.07, 6.45) is 0.922. The summed E-state index contributed by atoms with van der Waals surface area (Å²) in [6, 6.07) is 9.09. The molecular formula is C20H24INO5. The van der Waals surface area contributed by atoms with Crippen LogP contribution < -0.4 is 24.3 Å². The zero-order valence-electron chi connectivity index (χ0n) is 15.9. The molecule has 0 unspecified atom stereocenters. The Bertz CT molecular complexity index is 794. The highest BCUT2D eigenvalue weighted by atomic mass is 127. The van der Waals surface area contributed by atoms with E-state index >= 15 is 0 Å². The number of nitrogens with one attached hydrogen (secondary N) is 1. The van der Waals surface area contributed by atoms with Crippen molar-refractivity contribution in [2.45, 2.75) is 19.9 Å². The van der Waals surface area contributed by atoms with Gasteiger partial charge in [0.15, 0.2) is 23.0 Å². The maximum absolute atomic E-state index is 12.6. The molecule has 2 aromatic carbocycles. The van der Waals surface area contributed by atoms with Gasteiger partial charge in [-0.1, -0.05) is 13.0 Å². The van der Waals surface area contributed by atoms with Crippen LogP contribution in [0.25, 0.3) is 0 Å². The van der Waals surface area contributed by atoms with E-state index in [0.717, 1.165) is 15.6 Å². The van der Waals surface area contributed by atoms with Gasteiger partial charge >= 0.3 is 0 Å². The van der Waals surface area contributed by atoms with Crippen LogP contribution >= 0.6 is 22.6 Å². The minimum absolute atomic E-state index is 0.189. The molecule has 1 N–H and O–H groups in total. The van der Waals surface area contributed by atoms with Crippen molar-refractivity contribution in [1.82, 2.24) is 5.32 Å². The Hall–Kier alpha value is -2.16. The Morgan fingerprint density at radius 3 is 2.22 bits per heavy atom. The topological polar surface area (TPSA) is 66.0 Å². The Labute approximate surface area is 173 Å². The van der Waals surface area contributed by atoms with E-state index in [-0.39, 0.29) is 5.91 Å². The van der Waals surface area contributed by atoms with Gasteiger partial charge in [-0.3, -0.25) is 4.79 Å². The smallest absolute Gasteiger partial charge is 0.252 e. The summed E-state index contributed by atoms with van der Waals surface area (Å²) in [7, 11) is 4.71. The van der Waals surface area contributed by atoms with Crippen molar-refractivity contribution in [2.75, 3.05) is 27.9 Å². The van der Waals surface area contributed by atoms with Crippen molar-refractivity contribution < 1.29 is 23.7 Å². The fourth-order valence-corrected chi connectivity index (χ4v) is 3.14. The van der Waals surface area contributed by atoms with Crippen LogP contribution in [-0.4, -0.2) is 33.8 Å². The fourth-order valence-electron chi connectivity index (χ4n) is 2.46. The summed E-state index contributed by atoms with van der Waals surface area (Å²) in [5.74, 6) is 2.26. The van der Waals surface area contributed by atoms with Crippen LogP contribution in [0.15, 0.2) is 30.3 Å². The first-order valence-corrected chi connectivity index (χ1v) is 9.61. The molecule has 0 saturated heterocycles. The molecule has 2 rings (SSSR count). The number of carbonyl (C=O) groups is 1. The molecule has 0 aromatic heterocycles. The van der Waals surface area contributed by atoms with Crippen LogP contribution in [0.2, 0.25) is 0 Å². The van der Waals surface area contributed by atoms with E-state index in [1.807, 2.05) is 25.1 Å². The molecule has 0 radical (unpaired) electrons. The van der Waals surface area contributed by atoms with Gasteiger partial charge < -0.3 is 24.3 Å². The highest BCUT2D eigenvalue weighted by Gasteiger charge is 2.15. The zero-order chi connectivity index (χ0) is 19.8. The Morgan fingerprint density at radius 1 is 0.963 bits per heavy atom. The standard InChI is InChI=1S/C20H24INO5/c1-5-8-27-16-7-6-13(9-17(16)24-2)12-22-20(23)14-10-18(25-3)19(26-4)11-15(14)21/h6-7,9-11H,5,8,12H2,1-4H3,(H,22,23). The van der Waals surface area contributed by atoms with E-state index < -0.39 is 0 Å². The summed E-state index contributed by atoms with van der Waals surface area (Å²) in [5.41, 5.74) is 1.45. The SMILES string of the molecule is CCCOc1ccc(CNC(=O)c2cc(OC)c(OC)cc2I)cc1OC. The molecule has 1 amide bonds. The highest BCUT2D eigenvalue weighted by molar-refractivity contribution is 14.1. The van der Waals surface area contributed by atoms with Gasteiger partial charge in [0, 0.05) is 10.1 Å². The summed E-state index contributed by atoms with van der Waals surface area (Å²) >= 11 is 2.11. The number of halogens is 1. The van der Waals surface area contributed by atoms with Gasteiger partial charge in [0.05, 0.1) is 33.5 Å². The maximum Gasteiger partial charge on any atom is 0.252 e. The zero-order valence-corrected chi connectivity index (χ0v) is 18.1. The van der Waals surface area contributed by atoms with Crippen LogP contribution in [0.1, 0.15) is 29.3 Å². The molecule has 0 atom stereocenters. The third-order valence-electron chi connectivity index (χ3n) is 3.86. The third-order valence-corrected chi connectivity index (χ3v) is 4.75. The molecule has 0 fully saturated rings. The molecule has 6 nitrogen and oxygen atoms in total. The van der Waals surface area contributed by atoms with Crippen LogP contribution in [0.5, 0.6) is 23.0 Å². The number of hydrogen-bond donors (Lipinski definition) is 1. The molecule has 0 heterocycles. The number of amides is 1. The first-order valence-electron chi connectivity index (χ1n) is 8.53. The average molecular weight is 485 g/mol. The first-order chi connectivity index (χ1) is 13.0. The van der Waals surface area contributed by atoms with Crippen molar-refractivity contribution in [2.24, 2.45) is 0 Å². The van der Waals surface area contributed by atoms with E-state index in [0.29, 0.717) is 41.7 Å². The Balaban J connectivity index is 2.11. The number of carbonyl (C=O) groups excluding carboxylic acids is 1. The predicted molar refractivity (Wildman–Crippen MR) is 112 cm³/mol. The molecule has 0 saturated carbocycles. The maximum atomic E-state index is 12.6. The average Bonchev–Trinajstić information content (AvgIpc) is 2.70. The van der Waals surface area contributed by atoms with E-state index in [4.69, 9.17) is 18.9 Å². The van der Waals surface area contributed by atoms with Crippen LogP contribution in [0.4, 0.5) is 0 Å². The van der Waals surface area contributed by atoms with Crippen LogP contribution in [0.3, 0.4) is 0 Å². The first kappa shape index (κ1) is 21.1. The Kier molecular flexibility index (Phi) is 8.02. The molecule has 7 heteroatoms. The fraction of sp³-hybridized carbons (Fsp3) is 0.350. The van der Waals surface area contributed by atoms with E-state index in [9.17, 15) is 4.79 Å². The molecular weight excluding hydrogens is 461 g/mol. The largest absolute Gasteiger partial charge is 0.493 e. The monoisotopic (exact) mass is 485 g/mol. The second-order valence-electron chi connectivity index (χ2n) is 5.70. The molecule has 0 spiro atoms. The van der Waals surface area contributed by atoms with Gasteiger partial charge in [-0.2, -0.15) is 0 Å². The molecule has 0 bridgehead atoms. The lowest BCUT2D eigenvalue weighted by Crippen LogP contribution is -2.23. The highest BCUT2D eigenvalue weighted by Crippen LogP contribution is 2.31. The van der Waals surface area contributed by atoms with Gasteiger partial charge in [0.1, 0.15) is 0 Å². The lowest BCUT2D eigenvalue weighted by Gasteiger charge is -2.13. The summed E-state index contributed by atoms with van der Waals surface area (Å²) < 4.78 is 22.4. The van der Waals surface area contributed by atoms with Gasteiger partial charge in [-0.05, 0) is 58.8 Å². The van der Waals surface area contributed by atoms with Crippen molar-refractivity contribution in [3.05, 3.63) is 45.0 Å². The van der Waals surface area contributed by atoms with E-state index in [1.54, 1.807) is 33.5 Å². The number of benzene rings is 2. The molecule has 0 aliphatic heterocycles. The van der Waals surface area contributed by atoms with Crippen molar-refractivity contribution in [3.8, 4) is 23.0 Å². The van der Waals surface area contributed by atoms with Crippen molar-refractivity contribution in [1.29, 1.82) is 0 Å². The molecule has 0 aliphatic rings. The number of methoxy groups -OCH3 is 3. The second kappa shape index (κ2) is 10.2. The summed E-state index contributed by atoms with van der Waals surface area (Å²) in [4.78, 5) is 12.6. The molecule has 0 aliphatic carbocycles. The minimum Gasteiger partial charge on any atom is -0.493 e. The lowest BCUT2D eigenvalue weighted by atomic mass is 10.1. The van der Waals surface area contributed by atoms with Crippen LogP contribution in [-0.2, 0) is 6.54 Å². The van der Waals surface area contributed by atoms with Gasteiger partial charge in [-0.25, -0.2) is 0 Å². The molecule has 146 valence electrons. The van der Waals surface area contributed by atoms with E-state index in [2.05, 4.69) is 27.9 Å². The molecule has 2 aromatic rings. The predicted octanol–water partition coefficient (Wildman–Crippen LogP) is 4.04. The molecule has 27 heavy (non-hydrogen) atoms. The minimum atomic E-state index is -0.189. The summed E-state index contributed by atoms with van der Waals surface area (Å²) in [6.45, 7) is 3.05. The van der Waals surface area contributed by atoms with Crippen LogP contribution in [0, 0.1) is 3.57 Å². The van der Waals surface area contributed by atoms with Gasteiger partial charge in [0.25, 0.3) is 5.91 Å². The van der Waals surface area contributed by atoms with Gasteiger partial charge in [0.2, 0.25) is 0 Å². The number of rotatable bonds is 9. The van der Waals surface area contributed by atoms with Crippen molar-refractivity contribution in [3.63, 3.8) is 0 Å².